The third-order valence-electron chi connectivity index (χ3n) is 4.77. The molecule has 154 valence electrons. The first-order valence-corrected chi connectivity index (χ1v) is 10.5. The van der Waals surface area contributed by atoms with Crippen LogP contribution in [0.5, 0.6) is 5.75 Å². The van der Waals surface area contributed by atoms with E-state index in [0.717, 1.165) is 31.2 Å². The van der Waals surface area contributed by atoms with Crippen molar-refractivity contribution in [2.45, 2.75) is 77.8 Å². The number of hydrogen-bond acceptors (Lipinski definition) is 3. The van der Waals surface area contributed by atoms with Gasteiger partial charge in [-0.1, -0.05) is 46.0 Å². The monoisotopic (exact) mass is 390 g/mol. The molecule has 0 aliphatic rings. The van der Waals surface area contributed by atoms with Crippen LogP contribution in [-0.2, 0) is 6.42 Å². The molecule has 0 aliphatic heterocycles. The van der Waals surface area contributed by atoms with E-state index in [9.17, 15) is 8.78 Å². The van der Waals surface area contributed by atoms with Gasteiger partial charge in [0.2, 0.25) is 0 Å². The number of unbranched alkanes of at least 4 members (excludes halogenated alkanes) is 4. The average Bonchev–Trinajstić information content (AvgIpc) is 2.71. The third-order valence-corrected chi connectivity index (χ3v) is 4.77. The lowest BCUT2D eigenvalue weighted by Gasteiger charge is -2.11. The molecule has 2 rings (SSSR count). The van der Waals surface area contributed by atoms with E-state index in [1.165, 1.54) is 25.3 Å². The summed E-state index contributed by atoms with van der Waals surface area (Å²) in [4.78, 5) is 8.73. The van der Waals surface area contributed by atoms with Crippen LogP contribution >= 0.6 is 0 Å². The molecular formula is C23H32F2N2O. The van der Waals surface area contributed by atoms with E-state index in [4.69, 9.17) is 4.74 Å². The lowest BCUT2D eigenvalue weighted by Crippen LogP contribution is -2.08. The van der Waals surface area contributed by atoms with Gasteiger partial charge in [0.25, 0.3) is 0 Å². The highest BCUT2D eigenvalue weighted by atomic mass is 19.1. The maximum atomic E-state index is 14.3. The average molecular weight is 391 g/mol. The van der Waals surface area contributed by atoms with E-state index in [2.05, 4.69) is 16.9 Å². The summed E-state index contributed by atoms with van der Waals surface area (Å²) in [7, 11) is 0. The number of benzene rings is 1. The minimum absolute atomic E-state index is 0.138. The molecule has 1 atom stereocenters. The minimum atomic E-state index is -0.892. The zero-order valence-electron chi connectivity index (χ0n) is 17.1. The van der Waals surface area contributed by atoms with Crippen LogP contribution in [0.15, 0.2) is 30.6 Å². The van der Waals surface area contributed by atoms with E-state index >= 15 is 0 Å². The number of rotatable bonds is 13. The molecule has 1 aromatic heterocycles. The van der Waals surface area contributed by atoms with Gasteiger partial charge in [-0.15, -0.1) is 0 Å². The molecule has 1 unspecified atom stereocenters. The SMILES string of the molecule is CCCCCCc1cnc(-c2ccc(OCCC(F)CCCC)c(F)c2)nc1. The van der Waals surface area contributed by atoms with Crippen molar-refractivity contribution < 1.29 is 13.5 Å². The van der Waals surface area contributed by atoms with Gasteiger partial charge in [0.05, 0.1) is 6.61 Å². The standard InChI is InChI=1S/C23H32F2N2O/c1-3-5-7-8-9-18-16-26-23(27-17-18)19-11-12-22(21(25)15-19)28-14-13-20(24)10-6-4-2/h11-12,15-17,20H,3-10,13-14H2,1-2H3. The zero-order valence-corrected chi connectivity index (χ0v) is 17.1. The first-order valence-electron chi connectivity index (χ1n) is 10.5. The second-order valence-corrected chi connectivity index (χ2v) is 7.25. The molecule has 28 heavy (non-hydrogen) atoms. The number of aromatic nitrogens is 2. The molecule has 0 aliphatic carbocycles. The molecule has 5 heteroatoms. The van der Waals surface area contributed by atoms with Crippen LogP contribution in [0.3, 0.4) is 0 Å². The first-order chi connectivity index (χ1) is 13.6. The van der Waals surface area contributed by atoms with Crippen LogP contribution in [0.25, 0.3) is 11.4 Å². The molecule has 1 heterocycles. The van der Waals surface area contributed by atoms with Gasteiger partial charge in [0.1, 0.15) is 6.17 Å². The fraction of sp³-hybridized carbons (Fsp3) is 0.565. The number of nitrogens with zero attached hydrogens (tertiary/aromatic N) is 2. The third kappa shape index (κ3) is 7.53. The number of hydrogen-bond donors (Lipinski definition) is 0. The molecule has 1 aromatic carbocycles. The van der Waals surface area contributed by atoms with Crippen LogP contribution < -0.4 is 4.74 Å². The normalized spacial score (nSPS) is 12.1. The quantitative estimate of drug-likeness (QED) is 0.357. The molecule has 0 fully saturated rings. The molecule has 0 spiro atoms. The predicted octanol–water partition coefficient (Wildman–Crippen LogP) is 6.70. The van der Waals surface area contributed by atoms with Crippen molar-refractivity contribution in [2.24, 2.45) is 0 Å². The van der Waals surface area contributed by atoms with Gasteiger partial charge in [0.15, 0.2) is 17.4 Å². The number of alkyl halides is 1. The Labute approximate surface area is 167 Å². The first kappa shape index (κ1) is 22.3. The smallest absolute Gasteiger partial charge is 0.165 e. The number of aryl methyl sites for hydroxylation is 1. The largest absolute Gasteiger partial charge is 0.490 e. The van der Waals surface area contributed by atoms with Gasteiger partial charge in [-0.3, -0.25) is 0 Å². The van der Waals surface area contributed by atoms with E-state index in [0.29, 0.717) is 17.8 Å². The molecule has 0 saturated carbocycles. The Kier molecular flexibility index (Phi) is 9.87. The highest BCUT2D eigenvalue weighted by Crippen LogP contribution is 2.24. The second kappa shape index (κ2) is 12.4. The molecule has 2 aromatic rings. The van der Waals surface area contributed by atoms with Crippen molar-refractivity contribution in [2.75, 3.05) is 6.61 Å². The maximum Gasteiger partial charge on any atom is 0.165 e. The highest BCUT2D eigenvalue weighted by Gasteiger charge is 2.10. The van der Waals surface area contributed by atoms with Gasteiger partial charge >= 0.3 is 0 Å². The predicted molar refractivity (Wildman–Crippen MR) is 110 cm³/mol. The van der Waals surface area contributed by atoms with Crippen LogP contribution in [0, 0.1) is 5.82 Å². The Bertz CT molecular complexity index is 692. The minimum Gasteiger partial charge on any atom is -0.490 e. The van der Waals surface area contributed by atoms with Gasteiger partial charge in [-0.25, -0.2) is 18.7 Å². The Morgan fingerprint density at radius 1 is 0.964 bits per heavy atom. The Hall–Kier alpha value is -2.04. The molecule has 0 N–H and O–H groups in total. The molecular weight excluding hydrogens is 358 g/mol. The van der Waals surface area contributed by atoms with Crippen LogP contribution in [0.1, 0.15) is 70.8 Å². The van der Waals surface area contributed by atoms with Gasteiger partial charge in [0, 0.05) is 24.4 Å². The lowest BCUT2D eigenvalue weighted by molar-refractivity contribution is 0.218. The Morgan fingerprint density at radius 2 is 1.71 bits per heavy atom. The summed E-state index contributed by atoms with van der Waals surface area (Å²) in [6.45, 7) is 4.40. The highest BCUT2D eigenvalue weighted by molar-refractivity contribution is 5.56. The van der Waals surface area contributed by atoms with Crippen LogP contribution in [-0.4, -0.2) is 22.7 Å². The van der Waals surface area contributed by atoms with E-state index in [1.54, 1.807) is 12.1 Å². The summed E-state index contributed by atoms with van der Waals surface area (Å²) in [5, 5.41) is 0. The summed E-state index contributed by atoms with van der Waals surface area (Å²) in [5.74, 6) is 0.152. The van der Waals surface area contributed by atoms with Crippen molar-refractivity contribution >= 4 is 0 Å². The molecule has 0 bridgehead atoms. The lowest BCUT2D eigenvalue weighted by atomic mass is 10.1. The molecule has 0 saturated heterocycles. The summed E-state index contributed by atoms with van der Waals surface area (Å²) >= 11 is 0. The fourth-order valence-electron chi connectivity index (χ4n) is 3.01. The van der Waals surface area contributed by atoms with Gasteiger partial charge in [-0.2, -0.15) is 0 Å². The Balaban J connectivity index is 1.87. The van der Waals surface area contributed by atoms with Crippen molar-refractivity contribution in [3.05, 3.63) is 42.0 Å². The van der Waals surface area contributed by atoms with Crippen LogP contribution in [0.4, 0.5) is 8.78 Å². The van der Waals surface area contributed by atoms with Crippen molar-refractivity contribution in [3.63, 3.8) is 0 Å². The van der Waals surface area contributed by atoms with E-state index in [1.807, 2.05) is 19.3 Å². The van der Waals surface area contributed by atoms with E-state index < -0.39 is 12.0 Å². The van der Waals surface area contributed by atoms with Crippen molar-refractivity contribution in [3.8, 4) is 17.1 Å². The molecule has 0 amide bonds. The second-order valence-electron chi connectivity index (χ2n) is 7.25. The number of ether oxygens (including phenoxy) is 1. The Morgan fingerprint density at radius 3 is 2.39 bits per heavy atom. The zero-order chi connectivity index (χ0) is 20.2. The van der Waals surface area contributed by atoms with Crippen LogP contribution in [0.2, 0.25) is 0 Å². The summed E-state index contributed by atoms with van der Waals surface area (Å²) in [6, 6.07) is 4.67. The molecule has 0 radical (unpaired) electrons. The molecule has 3 nitrogen and oxygen atoms in total. The van der Waals surface area contributed by atoms with Crippen molar-refractivity contribution in [1.82, 2.24) is 9.97 Å². The van der Waals surface area contributed by atoms with Gasteiger partial charge in [-0.05, 0) is 43.0 Å². The summed E-state index contributed by atoms with van der Waals surface area (Å²) in [5.41, 5.74) is 1.71. The van der Waals surface area contributed by atoms with Crippen molar-refractivity contribution in [1.29, 1.82) is 0 Å². The summed E-state index contributed by atoms with van der Waals surface area (Å²) in [6.07, 6.45) is 11.2. The van der Waals surface area contributed by atoms with E-state index in [-0.39, 0.29) is 18.8 Å². The fourth-order valence-corrected chi connectivity index (χ4v) is 3.01. The summed E-state index contributed by atoms with van der Waals surface area (Å²) < 4.78 is 33.3. The number of halogens is 2. The van der Waals surface area contributed by atoms with Gasteiger partial charge < -0.3 is 4.74 Å². The maximum absolute atomic E-state index is 14.3. The topological polar surface area (TPSA) is 35.0 Å².